The third-order valence-electron chi connectivity index (χ3n) is 3.24. The summed E-state index contributed by atoms with van der Waals surface area (Å²) >= 11 is 3.71. The molecule has 1 heteroatoms. The van der Waals surface area contributed by atoms with Crippen molar-refractivity contribution in [1.29, 1.82) is 0 Å². The summed E-state index contributed by atoms with van der Waals surface area (Å²) < 4.78 is 0. The van der Waals surface area contributed by atoms with Gasteiger partial charge in [0, 0.05) is 4.83 Å². The zero-order valence-corrected chi connectivity index (χ0v) is 10.5. The van der Waals surface area contributed by atoms with Gasteiger partial charge in [-0.1, -0.05) is 62.4 Å². The van der Waals surface area contributed by atoms with Crippen LogP contribution in [0.4, 0.5) is 0 Å². The normalized spacial score (nSPS) is 27.0. The Morgan fingerprint density at radius 1 is 1.00 bits per heavy atom. The zero-order valence-electron chi connectivity index (χ0n) is 8.90. The zero-order chi connectivity index (χ0) is 9.52. The first-order valence-corrected chi connectivity index (χ1v) is 6.88. The summed E-state index contributed by atoms with van der Waals surface area (Å²) in [6.45, 7) is 2.29. The highest BCUT2D eigenvalue weighted by Crippen LogP contribution is 2.31. The Bertz CT molecular complexity index is 114. The standard InChI is InChI=1S/C12H23Br.CH4/c1-2-3-4-5-6-11-7-9-12(13)10-8-11;/h11-12H,2-10H2,1H3;1H4. The molecule has 0 amide bonds. The van der Waals surface area contributed by atoms with Gasteiger partial charge in [-0.3, -0.25) is 0 Å². The SMILES string of the molecule is C.CCCCCCC1CCC(Br)CC1. The predicted molar refractivity (Wildman–Crippen MR) is 70.2 cm³/mol. The largest absolute Gasteiger partial charge is 0.0891 e. The van der Waals surface area contributed by atoms with Gasteiger partial charge in [-0.15, -0.1) is 0 Å². The first-order valence-electron chi connectivity index (χ1n) is 5.97. The monoisotopic (exact) mass is 262 g/mol. The maximum Gasteiger partial charge on any atom is 0.0146 e. The van der Waals surface area contributed by atoms with E-state index in [4.69, 9.17) is 0 Å². The molecular weight excluding hydrogens is 236 g/mol. The smallest absolute Gasteiger partial charge is 0.0146 e. The van der Waals surface area contributed by atoms with Crippen LogP contribution in [0.1, 0.15) is 72.1 Å². The van der Waals surface area contributed by atoms with Crippen LogP contribution in [-0.4, -0.2) is 4.83 Å². The minimum Gasteiger partial charge on any atom is -0.0891 e. The van der Waals surface area contributed by atoms with Crippen molar-refractivity contribution in [3.8, 4) is 0 Å². The van der Waals surface area contributed by atoms with E-state index in [-0.39, 0.29) is 7.43 Å². The van der Waals surface area contributed by atoms with Crippen molar-refractivity contribution >= 4 is 15.9 Å². The average molecular weight is 263 g/mol. The molecule has 1 aliphatic rings. The third-order valence-corrected chi connectivity index (χ3v) is 4.16. The van der Waals surface area contributed by atoms with Crippen LogP contribution < -0.4 is 0 Å². The highest BCUT2D eigenvalue weighted by molar-refractivity contribution is 9.09. The van der Waals surface area contributed by atoms with Gasteiger partial charge in [0.2, 0.25) is 0 Å². The first-order chi connectivity index (χ1) is 6.33. The Balaban J connectivity index is 0.00000169. The summed E-state index contributed by atoms with van der Waals surface area (Å²) in [5.74, 6) is 1.06. The Hall–Kier alpha value is 0.480. The van der Waals surface area contributed by atoms with Crippen molar-refractivity contribution in [3.05, 3.63) is 0 Å². The maximum absolute atomic E-state index is 3.71. The van der Waals surface area contributed by atoms with Gasteiger partial charge < -0.3 is 0 Å². The summed E-state index contributed by atoms with van der Waals surface area (Å²) in [6, 6.07) is 0. The number of rotatable bonds is 5. The maximum atomic E-state index is 3.71. The second-order valence-corrected chi connectivity index (χ2v) is 5.76. The van der Waals surface area contributed by atoms with E-state index in [1.807, 2.05) is 0 Å². The van der Waals surface area contributed by atoms with Gasteiger partial charge in [-0.2, -0.15) is 0 Å². The molecule has 0 aliphatic heterocycles. The summed E-state index contributed by atoms with van der Waals surface area (Å²) in [7, 11) is 0. The lowest BCUT2D eigenvalue weighted by atomic mass is 9.85. The van der Waals surface area contributed by atoms with Crippen LogP contribution >= 0.6 is 15.9 Å². The topological polar surface area (TPSA) is 0 Å². The van der Waals surface area contributed by atoms with Crippen LogP contribution in [0, 0.1) is 5.92 Å². The lowest BCUT2D eigenvalue weighted by Crippen LogP contribution is -2.13. The van der Waals surface area contributed by atoms with Gasteiger partial charge >= 0.3 is 0 Å². The van der Waals surface area contributed by atoms with Crippen LogP contribution in [-0.2, 0) is 0 Å². The van der Waals surface area contributed by atoms with Gasteiger partial charge in [-0.05, 0) is 31.6 Å². The van der Waals surface area contributed by atoms with Crippen molar-refractivity contribution < 1.29 is 0 Å². The van der Waals surface area contributed by atoms with Crippen molar-refractivity contribution in [1.82, 2.24) is 0 Å². The molecule has 0 bridgehead atoms. The number of hydrogen-bond acceptors (Lipinski definition) is 0. The summed E-state index contributed by atoms with van der Waals surface area (Å²) in [5.41, 5.74) is 0. The molecule has 0 atom stereocenters. The molecule has 0 aromatic heterocycles. The van der Waals surface area contributed by atoms with Gasteiger partial charge in [0.05, 0.1) is 0 Å². The molecule has 0 aromatic rings. The molecule has 0 radical (unpaired) electrons. The second-order valence-electron chi connectivity index (χ2n) is 4.47. The van der Waals surface area contributed by atoms with Gasteiger partial charge in [0.1, 0.15) is 0 Å². The van der Waals surface area contributed by atoms with Crippen molar-refractivity contribution in [2.24, 2.45) is 5.92 Å². The number of halogens is 1. The fourth-order valence-electron chi connectivity index (χ4n) is 2.27. The predicted octanol–water partition coefficient (Wildman–Crippen LogP) is 5.55. The van der Waals surface area contributed by atoms with Crippen LogP contribution in [0.25, 0.3) is 0 Å². The molecule has 0 heterocycles. The molecule has 1 fully saturated rings. The molecule has 0 aromatic carbocycles. The lowest BCUT2D eigenvalue weighted by Gasteiger charge is -2.24. The molecule has 0 nitrogen and oxygen atoms in total. The van der Waals surface area contributed by atoms with E-state index in [2.05, 4.69) is 22.9 Å². The number of unbranched alkanes of at least 4 members (excludes halogenated alkanes) is 3. The molecule has 0 N–H and O–H groups in total. The molecular formula is C13H27Br. The molecule has 0 spiro atoms. The van der Waals surface area contributed by atoms with Crippen molar-refractivity contribution in [2.75, 3.05) is 0 Å². The first kappa shape index (κ1) is 14.5. The van der Waals surface area contributed by atoms with E-state index in [0.29, 0.717) is 0 Å². The molecule has 1 aliphatic carbocycles. The number of hydrogen-bond donors (Lipinski definition) is 0. The minimum absolute atomic E-state index is 0. The van der Waals surface area contributed by atoms with E-state index in [0.717, 1.165) is 10.7 Å². The second kappa shape index (κ2) is 8.76. The Morgan fingerprint density at radius 3 is 2.21 bits per heavy atom. The molecule has 0 unspecified atom stereocenters. The fourth-order valence-corrected chi connectivity index (χ4v) is 2.80. The third kappa shape index (κ3) is 6.06. The Labute approximate surface area is 99.0 Å². The Morgan fingerprint density at radius 2 is 1.64 bits per heavy atom. The quantitative estimate of drug-likeness (QED) is 0.451. The molecule has 86 valence electrons. The fraction of sp³-hybridized carbons (Fsp3) is 1.00. The van der Waals surface area contributed by atoms with Gasteiger partial charge in [0.25, 0.3) is 0 Å². The molecule has 14 heavy (non-hydrogen) atoms. The van der Waals surface area contributed by atoms with E-state index >= 15 is 0 Å². The van der Waals surface area contributed by atoms with E-state index in [1.54, 1.807) is 0 Å². The highest BCUT2D eigenvalue weighted by atomic mass is 79.9. The number of alkyl halides is 1. The van der Waals surface area contributed by atoms with Gasteiger partial charge in [-0.25, -0.2) is 0 Å². The summed E-state index contributed by atoms with van der Waals surface area (Å²) in [5, 5.41) is 0. The van der Waals surface area contributed by atoms with Crippen LogP contribution in [0.2, 0.25) is 0 Å². The van der Waals surface area contributed by atoms with E-state index < -0.39 is 0 Å². The van der Waals surface area contributed by atoms with Gasteiger partial charge in [0.15, 0.2) is 0 Å². The lowest BCUT2D eigenvalue weighted by molar-refractivity contribution is 0.336. The molecule has 1 saturated carbocycles. The molecule has 1 rings (SSSR count). The highest BCUT2D eigenvalue weighted by Gasteiger charge is 2.18. The minimum atomic E-state index is 0. The Kier molecular flexibility index (Phi) is 9.06. The summed E-state index contributed by atoms with van der Waals surface area (Å²) in [6.07, 6.45) is 13.0. The van der Waals surface area contributed by atoms with Crippen LogP contribution in [0.3, 0.4) is 0 Å². The van der Waals surface area contributed by atoms with E-state index in [9.17, 15) is 0 Å². The average Bonchev–Trinajstić information content (AvgIpc) is 2.15. The van der Waals surface area contributed by atoms with E-state index in [1.165, 1.54) is 57.8 Å². The van der Waals surface area contributed by atoms with Crippen LogP contribution in [0.5, 0.6) is 0 Å². The molecule has 0 saturated heterocycles. The summed E-state index contributed by atoms with van der Waals surface area (Å²) in [4.78, 5) is 0.833. The van der Waals surface area contributed by atoms with Crippen LogP contribution in [0.15, 0.2) is 0 Å². The van der Waals surface area contributed by atoms with Crippen molar-refractivity contribution in [3.63, 3.8) is 0 Å². The van der Waals surface area contributed by atoms with Crippen molar-refractivity contribution in [2.45, 2.75) is 77.0 Å².